The third kappa shape index (κ3) is 3.14. The zero-order valence-corrected chi connectivity index (χ0v) is 11.1. The number of aromatic nitrogens is 1. The van der Waals surface area contributed by atoms with Gasteiger partial charge in [-0.15, -0.1) is 11.6 Å². The maximum absolute atomic E-state index is 11.6. The van der Waals surface area contributed by atoms with Crippen LogP contribution < -0.4 is 10.6 Å². The summed E-state index contributed by atoms with van der Waals surface area (Å²) in [5.74, 6) is 0.551. The van der Waals surface area contributed by atoms with Crippen LogP contribution in [0.2, 0.25) is 0 Å². The topological polar surface area (TPSA) is 101 Å². The molecule has 2 rings (SSSR count). The number of rotatable bonds is 2. The van der Waals surface area contributed by atoms with E-state index in [1.165, 1.54) is 0 Å². The van der Waals surface area contributed by atoms with Crippen molar-refractivity contribution in [1.29, 1.82) is 0 Å². The van der Waals surface area contributed by atoms with Gasteiger partial charge in [-0.2, -0.15) is 0 Å². The molecule has 0 aromatic carbocycles. The van der Waals surface area contributed by atoms with Gasteiger partial charge in [0, 0.05) is 6.07 Å². The Morgan fingerprint density at radius 1 is 1.56 bits per heavy atom. The number of carbonyl (C=O) groups is 1. The third-order valence-electron chi connectivity index (χ3n) is 2.47. The molecule has 2 atom stereocenters. The summed E-state index contributed by atoms with van der Waals surface area (Å²) in [5, 5.41) is 7.90. The predicted molar refractivity (Wildman–Crippen MR) is 65.5 cm³/mol. The van der Waals surface area contributed by atoms with Crippen LogP contribution in [0.5, 0.6) is 0 Å². The average molecular weight is 294 g/mol. The van der Waals surface area contributed by atoms with Gasteiger partial charge in [-0.3, -0.25) is 5.32 Å². The number of halogens is 1. The minimum Gasteiger partial charge on any atom is -0.360 e. The number of urea groups is 1. The molecular weight excluding hydrogens is 282 g/mol. The number of alkyl halides is 1. The van der Waals surface area contributed by atoms with Crippen molar-refractivity contribution in [2.75, 3.05) is 16.8 Å². The number of carbonyl (C=O) groups excluding carboxylic acids is 1. The number of amides is 2. The zero-order chi connectivity index (χ0) is 13.3. The molecule has 0 bridgehead atoms. The minimum absolute atomic E-state index is 0.122. The molecule has 7 nitrogen and oxygen atoms in total. The second kappa shape index (κ2) is 4.77. The number of aryl methyl sites for hydroxylation is 1. The first kappa shape index (κ1) is 13.2. The summed E-state index contributed by atoms with van der Waals surface area (Å²) < 4.78 is 27.4. The average Bonchev–Trinajstić information content (AvgIpc) is 2.71. The number of anilines is 1. The van der Waals surface area contributed by atoms with Crippen LogP contribution in [0, 0.1) is 6.92 Å². The van der Waals surface area contributed by atoms with E-state index in [4.69, 9.17) is 16.1 Å². The zero-order valence-electron chi connectivity index (χ0n) is 9.51. The van der Waals surface area contributed by atoms with Gasteiger partial charge >= 0.3 is 6.03 Å². The lowest BCUT2D eigenvalue weighted by molar-refractivity contribution is 0.249. The molecule has 1 aliphatic heterocycles. The van der Waals surface area contributed by atoms with Gasteiger partial charge in [0.25, 0.3) is 0 Å². The Balaban J connectivity index is 1.92. The van der Waals surface area contributed by atoms with Gasteiger partial charge in [0.05, 0.1) is 22.9 Å². The summed E-state index contributed by atoms with van der Waals surface area (Å²) >= 11 is 5.86. The molecule has 1 saturated heterocycles. The molecule has 0 aliphatic carbocycles. The molecule has 100 valence electrons. The standard InChI is InChI=1S/C9H12ClN3O4S/c1-5-2-8(13-17-5)12-9(14)11-7-4-18(15,16)3-6(7)10/h2,6-7H,3-4H2,1H3,(H2,11,12,13,14)/t6-,7+/m0/s1. The number of hydrogen-bond acceptors (Lipinski definition) is 5. The number of nitrogens with one attached hydrogen (secondary N) is 2. The molecule has 2 amide bonds. The van der Waals surface area contributed by atoms with E-state index in [1.807, 2.05) is 0 Å². The molecule has 9 heteroatoms. The largest absolute Gasteiger partial charge is 0.360 e. The predicted octanol–water partition coefficient (Wildman–Crippen LogP) is 0.509. The van der Waals surface area contributed by atoms with Gasteiger partial charge in [-0.1, -0.05) is 5.16 Å². The fourth-order valence-corrected chi connectivity index (χ4v) is 4.23. The summed E-state index contributed by atoms with van der Waals surface area (Å²) in [7, 11) is -3.17. The van der Waals surface area contributed by atoms with Crippen LogP contribution >= 0.6 is 11.6 Å². The molecule has 0 saturated carbocycles. The summed E-state index contributed by atoms with van der Waals surface area (Å²) in [6.45, 7) is 1.69. The molecule has 1 aromatic rings. The van der Waals surface area contributed by atoms with Gasteiger partial charge < -0.3 is 9.84 Å². The highest BCUT2D eigenvalue weighted by atomic mass is 35.5. The molecule has 1 aromatic heterocycles. The number of sulfone groups is 1. The van der Waals surface area contributed by atoms with Crippen molar-refractivity contribution in [3.8, 4) is 0 Å². The van der Waals surface area contributed by atoms with E-state index in [9.17, 15) is 13.2 Å². The summed E-state index contributed by atoms with van der Waals surface area (Å²) in [5.41, 5.74) is 0. The van der Waals surface area contributed by atoms with E-state index in [1.54, 1.807) is 13.0 Å². The van der Waals surface area contributed by atoms with Crippen molar-refractivity contribution < 1.29 is 17.7 Å². The molecule has 0 unspecified atom stereocenters. The van der Waals surface area contributed by atoms with Crippen LogP contribution in [0.15, 0.2) is 10.6 Å². The minimum atomic E-state index is -3.17. The molecule has 0 spiro atoms. The number of hydrogen-bond donors (Lipinski definition) is 2. The highest BCUT2D eigenvalue weighted by molar-refractivity contribution is 7.91. The highest BCUT2D eigenvalue weighted by Gasteiger charge is 2.37. The van der Waals surface area contributed by atoms with E-state index in [-0.39, 0.29) is 17.3 Å². The first-order chi connectivity index (χ1) is 8.35. The van der Waals surface area contributed by atoms with Crippen LogP contribution in [0.4, 0.5) is 10.6 Å². The van der Waals surface area contributed by atoms with Crippen LogP contribution in [-0.4, -0.2) is 42.5 Å². The maximum Gasteiger partial charge on any atom is 0.320 e. The van der Waals surface area contributed by atoms with E-state index >= 15 is 0 Å². The van der Waals surface area contributed by atoms with Crippen molar-refractivity contribution in [3.05, 3.63) is 11.8 Å². The Morgan fingerprint density at radius 2 is 2.28 bits per heavy atom. The van der Waals surface area contributed by atoms with Crippen LogP contribution in [0.1, 0.15) is 5.76 Å². The summed E-state index contributed by atoms with van der Waals surface area (Å²) in [6, 6.07) is 0.393. The third-order valence-corrected chi connectivity index (χ3v) is 4.84. The molecule has 1 fully saturated rings. The monoisotopic (exact) mass is 293 g/mol. The van der Waals surface area contributed by atoms with Crippen molar-refractivity contribution in [1.82, 2.24) is 10.5 Å². The second-order valence-electron chi connectivity index (χ2n) is 4.12. The first-order valence-corrected chi connectivity index (χ1v) is 7.47. The molecule has 1 aliphatic rings. The fourth-order valence-electron chi connectivity index (χ4n) is 1.68. The van der Waals surface area contributed by atoms with Crippen LogP contribution in [0.25, 0.3) is 0 Å². The second-order valence-corrected chi connectivity index (χ2v) is 6.84. The first-order valence-electron chi connectivity index (χ1n) is 5.21. The highest BCUT2D eigenvalue weighted by Crippen LogP contribution is 2.18. The SMILES string of the molecule is Cc1cc(NC(=O)N[C@@H]2CS(=O)(=O)C[C@@H]2Cl)no1. The van der Waals surface area contributed by atoms with Gasteiger partial charge in [-0.25, -0.2) is 13.2 Å². The van der Waals surface area contributed by atoms with Gasteiger partial charge in [-0.05, 0) is 6.92 Å². The number of nitrogens with zero attached hydrogens (tertiary/aromatic N) is 1. The Kier molecular flexibility index (Phi) is 3.49. The van der Waals surface area contributed by atoms with Gasteiger partial charge in [0.2, 0.25) is 0 Å². The normalized spacial score (nSPS) is 25.9. The Hall–Kier alpha value is -1.28. The lowest BCUT2D eigenvalue weighted by Gasteiger charge is -2.13. The van der Waals surface area contributed by atoms with Crippen molar-refractivity contribution in [2.24, 2.45) is 0 Å². The van der Waals surface area contributed by atoms with Crippen LogP contribution in [0.3, 0.4) is 0 Å². The molecule has 2 N–H and O–H groups in total. The quantitative estimate of drug-likeness (QED) is 0.774. The fraction of sp³-hybridized carbons (Fsp3) is 0.556. The van der Waals surface area contributed by atoms with E-state index in [0.29, 0.717) is 5.76 Å². The van der Waals surface area contributed by atoms with E-state index in [0.717, 1.165) is 0 Å². The van der Waals surface area contributed by atoms with Gasteiger partial charge in [0.15, 0.2) is 15.7 Å². The Labute approximate surface area is 109 Å². The van der Waals surface area contributed by atoms with Crippen molar-refractivity contribution in [3.63, 3.8) is 0 Å². The van der Waals surface area contributed by atoms with E-state index < -0.39 is 27.3 Å². The lowest BCUT2D eigenvalue weighted by atomic mass is 10.2. The maximum atomic E-state index is 11.6. The molecular formula is C9H12ClN3O4S. The molecule has 0 radical (unpaired) electrons. The molecule has 18 heavy (non-hydrogen) atoms. The van der Waals surface area contributed by atoms with Crippen molar-refractivity contribution >= 4 is 33.3 Å². The summed E-state index contributed by atoms with van der Waals surface area (Å²) in [4.78, 5) is 11.6. The van der Waals surface area contributed by atoms with E-state index in [2.05, 4.69) is 15.8 Å². The van der Waals surface area contributed by atoms with Crippen LogP contribution in [-0.2, 0) is 9.84 Å². The smallest absolute Gasteiger partial charge is 0.320 e. The summed E-state index contributed by atoms with van der Waals surface area (Å²) in [6.07, 6.45) is 0. The van der Waals surface area contributed by atoms with Gasteiger partial charge in [0.1, 0.15) is 5.76 Å². The van der Waals surface area contributed by atoms with Crippen molar-refractivity contribution in [2.45, 2.75) is 18.3 Å². The Morgan fingerprint density at radius 3 is 2.78 bits per heavy atom. The molecule has 2 heterocycles. The lowest BCUT2D eigenvalue weighted by Crippen LogP contribution is -2.43. The Bertz CT molecular complexity index is 556.